The lowest BCUT2D eigenvalue weighted by Gasteiger charge is -2.12. The van der Waals surface area contributed by atoms with Crippen molar-refractivity contribution in [2.75, 3.05) is 11.9 Å². The van der Waals surface area contributed by atoms with E-state index in [9.17, 15) is 15.2 Å². The second-order valence-corrected chi connectivity index (χ2v) is 4.74. The monoisotopic (exact) mass is 297 g/mol. The van der Waals surface area contributed by atoms with Crippen LogP contribution in [0.1, 0.15) is 23.7 Å². The minimum absolute atomic E-state index is 0.0126. The number of hydrogen-bond acceptors (Lipinski definition) is 5. The van der Waals surface area contributed by atoms with Crippen LogP contribution < -0.4 is 5.32 Å². The van der Waals surface area contributed by atoms with Crippen LogP contribution >= 0.6 is 0 Å². The topological polar surface area (TPSA) is 99.2 Å². The van der Waals surface area contributed by atoms with Gasteiger partial charge in [0.25, 0.3) is 5.69 Å². The lowest BCUT2D eigenvalue weighted by molar-refractivity contribution is -0.385. The van der Waals surface area contributed by atoms with Gasteiger partial charge in [-0.1, -0.05) is 30.3 Å². The molecule has 112 valence electrons. The minimum Gasteiger partial charge on any atom is -0.388 e. The van der Waals surface area contributed by atoms with Crippen molar-refractivity contribution < 1.29 is 10.0 Å². The molecule has 2 N–H and O–H groups in total. The van der Waals surface area contributed by atoms with Crippen LogP contribution in [0.4, 0.5) is 11.4 Å². The number of nitro benzene ring substituents is 1. The Morgan fingerprint density at radius 3 is 2.64 bits per heavy atom. The maximum atomic E-state index is 10.8. The van der Waals surface area contributed by atoms with Gasteiger partial charge in [-0.25, -0.2) is 0 Å². The molecule has 0 saturated carbocycles. The Morgan fingerprint density at radius 2 is 2.00 bits per heavy atom. The predicted molar refractivity (Wildman–Crippen MR) is 82.3 cm³/mol. The number of hydrogen-bond donors (Lipinski definition) is 2. The number of anilines is 1. The molecule has 1 unspecified atom stereocenters. The Hall–Kier alpha value is -2.91. The summed E-state index contributed by atoms with van der Waals surface area (Å²) in [5, 5.41) is 32.8. The largest absolute Gasteiger partial charge is 0.388 e. The van der Waals surface area contributed by atoms with Crippen LogP contribution in [0.2, 0.25) is 0 Å². The molecule has 6 heteroatoms. The normalized spacial score (nSPS) is 11.5. The van der Waals surface area contributed by atoms with E-state index in [4.69, 9.17) is 5.26 Å². The van der Waals surface area contributed by atoms with Crippen LogP contribution in [0.25, 0.3) is 0 Å². The quantitative estimate of drug-likeness (QED) is 0.630. The van der Waals surface area contributed by atoms with Gasteiger partial charge in [-0.05, 0) is 24.1 Å². The van der Waals surface area contributed by atoms with E-state index in [1.165, 1.54) is 12.1 Å². The Kier molecular flexibility index (Phi) is 5.07. The Morgan fingerprint density at radius 1 is 1.27 bits per heavy atom. The lowest BCUT2D eigenvalue weighted by Crippen LogP contribution is -2.08. The van der Waals surface area contributed by atoms with Crippen molar-refractivity contribution in [3.8, 4) is 6.07 Å². The molecule has 0 aromatic heterocycles. The molecule has 0 saturated heterocycles. The van der Waals surface area contributed by atoms with Crippen molar-refractivity contribution in [3.63, 3.8) is 0 Å². The maximum Gasteiger partial charge on any atom is 0.287 e. The fourth-order valence-corrected chi connectivity index (χ4v) is 2.09. The molecular formula is C16H15N3O3. The molecule has 0 spiro atoms. The second-order valence-electron chi connectivity index (χ2n) is 4.74. The van der Waals surface area contributed by atoms with E-state index >= 15 is 0 Å². The highest BCUT2D eigenvalue weighted by molar-refractivity contribution is 5.58. The van der Waals surface area contributed by atoms with Gasteiger partial charge in [0.1, 0.15) is 11.6 Å². The SMILES string of the molecule is N#Cc1cc(NCCC(O)c2ccccc2)ccc1[N+](=O)[O-]. The summed E-state index contributed by atoms with van der Waals surface area (Å²) in [5.41, 5.74) is 1.25. The van der Waals surface area contributed by atoms with Gasteiger partial charge in [0, 0.05) is 18.3 Å². The van der Waals surface area contributed by atoms with Crippen molar-refractivity contribution in [2.45, 2.75) is 12.5 Å². The highest BCUT2D eigenvalue weighted by Gasteiger charge is 2.13. The van der Waals surface area contributed by atoms with Crippen molar-refractivity contribution in [2.24, 2.45) is 0 Å². The zero-order valence-electron chi connectivity index (χ0n) is 11.8. The molecule has 2 aromatic carbocycles. The van der Waals surface area contributed by atoms with Gasteiger partial charge in [-0.15, -0.1) is 0 Å². The van der Waals surface area contributed by atoms with Gasteiger partial charge in [-0.3, -0.25) is 10.1 Å². The highest BCUT2D eigenvalue weighted by Crippen LogP contribution is 2.22. The zero-order valence-corrected chi connectivity index (χ0v) is 11.8. The molecule has 0 fully saturated rings. The van der Waals surface area contributed by atoms with Gasteiger partial charge in [0.15, 0.2) is 0 Å². The first-order valence-corrected chi connectivity index (χ1v) is 6.77. The average Bonchev–Trinajstić information content (AvgIpc) is 2.55. The smallest absolute Gasteiger partial charge is 0.287 e. The summed E-state index contributed by atoms with van der Waals surface area (Å²) in [5.74, 6) is 0. The van der Waals surface area contributed by atoms with Crippen LogP contribution in [0, 0.1) is 21.4 Å². The molecule has 2 aromatic rings. The summed E-state index contributed by atoms with van der Waals surface area (Å²) >= 11 is 0. The van der Waals surface area contributed by atoms with Crippen molar-refractivity contribution in [3.05, 3.63) is 69.8 Å². The molecule has 0 aliphatic rings. The maximum absolute atomic E-state index is 10.8. The van der Waals surface area contributed by atoms with Gasteiger partial charge in [0.2, 0.25) is 0 Å². The van der Waals surface area contributed by atoms with Gasteiger partial charge in [0.05, 0.1) is 11.0 Å². The van der Waals surface area contributed by atoms with Crippen LogP contribution in [0.5, 0.6) is 0 Å². The van der Waals surface area contributed by atoms with Crippen molar-refractivity contribution >= 4 is 11.4 Å². The number of nitro groups is 1. The number of aliphatic hydroxyl groups is 1. The summed E-state index contributed by atoms with van der Waals surface area (Å²) in [6.07, 6.45) is -0.0923. The summed E-state index contributed by atoms with van der Waals surface area (Å²) in [7, 11) is 0. The molecule has 0 heterocycles. The number of nitriles is 1. The molecule has 0 bridgehead atoms. The minimum atomic E-state index is -0.582. The first kappa shape index (κ1) is 15.5. The fourth-order valence-electron chi connectivity index (χ4n) is 2.09. The van der Waals surface area contributed by atoms with Crippen molar-refractivity contribution in [1.29, 1.82) is 5.26 Å². The van der Waals surface area contributed by atoms with Crippen LogP contribution in [0.3, 0.4) is 0 Å². The third-order valence-corrected chi connectivity index (χ3v) is 3.24. The average molecular weight is 297 g/mol. The highest BCUT2D eigenvalue weighted by atomic mass is 16.6. The lowest BCUT2D eigenvalue weighted by atomic mass is 10.1. The van der Waals surface area contributed by atoms with E-state index in [2.05, 4.69) is 5.32 Å². The Balaban J connectivity index is 1.95. The number of aliphatic hydroxyl groups excluding tert-OH is 1. The van der Waals surface area contributed by atoms with Crippen LogP contribution in [-0.2, 0) is 0 Å². The summed E-state index contributed by atoms with van der Waals surface area (Å²) in [6, 6.07) is 15.4. The Bertz CT molecular complexity index is 696. The third kappa shape index (κ3) is 3.81. The van der Waals surface area contributed by atoms with E-state index in [0.717, 1.165) is 5.56 Å². The van der Waals surface area contributed by atoms with E-state index < -0.39 is 11.0 Å². The molecule has 0 aliphatic heterocycles. The molecule has 1 atom stereocenters. The number of rotatable bonds is 6. The van der Waals surface area contributed by atoms with E-state index in [-0.39, 0.29) is 11.3 Å². The van der Waals surface area contributed by atoms with Gasteiger partial charge < -0.3 is 10.4 Å². The second kappa shape index (κ2) is 7.20. The molecule has 0 radical (unpaired) electrons. The Labute approximate surface area is 127 Å². The van der Waals surface area contributed by atoms with Crippen molar-refractivity contribution in [1.82, 2.24) is 0 Å². The third-order valence-electron chi connectivity index (χ3n) is 3.24. The van der Waals surface area contributed by atoms with Gasteiger partial charge in [-0.2, -0.15) is 5.26 Å². The summed E-state index contributed by atoms with van der Waals surface area (Å²) < 4.78 is 0. The fraction of sp³-hybridized carbons (Fsp3) is 0.188. The summed E-state index contributed by atoms with van der Waals surface area (Å²) in [6.45, 7) is 0.485. The van der Waals surface area contributed by atoms with Crippen LogP contribution in [-0.4, -0.2) is 16.6 Å². The van der Waals surface area contributed by atoms with Gasteiger partial charge >= 0.3 is 0 Å². The predicted octanol–water partition coefficient (Wildman–Crippen LogP) is 3.00. The first-order chi connectivity index (χ1) is 10.6. The van der Waals surface area contributed by atoms with E-state index in [0.29, 0.717) is 18.7 Å². The number of nitrogens with one attached hydrogen (secondary N) is 1. The van der Waals surface area contributed by atoms with E-state index in [1.54, 1.807) is 6.07 Å². The van der Waals surface area contributed by atoms with E-state index in [1.807, 2.05) is 36.4 Å². The molecule has 22 heavy (non-hydrogen) atoms. The molecule has 2 rings (SSSR count). The first-order valence-electron chi connectivity index (χ1n) is 6.77. The molecule has 0 aliphatic carbocycles. The van der Waals surface area contributed by atoms with Crippen LogP contribution in [0.15, 0.2) is 48.5 Å². The number of benzene rings is 2. The molecule has 0 amide bonds. The standard InChI is InChI=1S/C16H15N3O3/c17-11-13-10-14(6-7-15(13)19(21)22)18-9-8-16(20)12-4-2-1-3-5-12/h1-7,10,16,18,20H,8-9H2. The zero-order chi connectivity index (χ0) is 15.9. The number of nitrogens with zero attached hydrogens (tertiary/aromatic N) is 2. The molecule has 6 nitrogen and oxygen atoms in total. The molecular weight excluding hydrogens is 282 g/mol. The summed E-state index contributed by atoms with van der Waals surface area (Å²) in [4.78, 5) is 10.2.